The molecule has 104 valence electrons. The predicted octanol–water partition coefficient (Wildman–Crippen LogP) is 4.58. The third kappa shape index (κ3) is 2.92. The average molecular weight is 295 g/mol. The summed E-state index contributed by atoms with van der Waals surface area (Å²) in [7, 11) is 0. The summed E-state index contributed by atoms with van der Waals surface area (Å²) in [5.74, 6) is 1.66. The number of thiophene rings is 1. The Hall–Kier alpha value is -0.680. The summed E-state index contributed by atoms with van der Waals surface area (Å²) in [5, 5.41) is 5.85. The molecule has 1 saturated carbocycles. The minimum Gasteiger partial charge on any atom is -0.324 e. The van der Waals surface area contributed by atoms with E-state index in [1.165, 1.54) is 47.6 Å². The largest absolute Gasteiger partial charge is 0.324 e. The van der Waals surface area contributed by atoms with E-state index in [1.54, 1.807) is 11.9 Å². The number of guanidine groups is 1. The van der Waals surface area contributed by atoms with Crippen LogP contribution in [0.4, 0.5) is 5.69 Å². The molecule has 1 fully saturated rings. The second-order valence-electron chi connectivity index (χ2n) is 5.59. The first-order valence-electron chi connectivity index (χ1n) is 7.13. The molecule has 5 heteroatoms. The van der Waals surface area contributed by atoms with Crippen LogP contribution in [0, 0.1) is 0 Å². The molecule has 1 aromatic heterocycles. The summed E-state index contributed by atoms with van der Waals surface area (Å²) < 4.78 is 4.64. The fourth-order valence-corrected chi connectivity index (χ4v) is 4.68. The molecular formula is C14H21N3S2. The highest BCUT2D eigenvalue weighted by molar-refractivity contribution is 8.00. The number of fused-ring (bicyclic) bond motifs is 1. The zero-order chi connectivity index (χ0) is 13.2. The smallest absolute Gasteiger partial charge is 0.206 e. The van der Waals surface area contributed by atoms with Crippen molar-refractivity contribution < 1.29 is 0 Å². The lowest BCUT2D eigenvalue weighted by molar-refractivity contribution is 0.445. The summed E-state index contributed by atoms with van der Waals surface area (Å²) in [6.45, 7) is 4.21. The van der Waals surface area contributed by atoms with E-state index in [0.717, 1.165) is 11.9 Å². The van der Waals surface area contributed by atoms with Crippen LogP contribution in [0.2, 0.25) is 0 Å². The van der Waals surface area contributed by atoms with Gasteiger partial charge in [0.15, 0.2) is 0 Å². The first-order valence-corrected chi connectivity index (χ1v) is 8.82. The minimum atomic E-state index is 0.314. The predicted molar refractivity (Wildman–Crippen MR) is 85.3 cm³/mol. The first kappa shape index (κ1) is 13.3. The van der Waals surface area contributed by atoms with Gasteiger partial charge in [0, 0.05) is 18.0 Å². The second-order valence-corrected chi connectivity index (χ2v) is 7.54. The quantitative estimate of drug-likeness (QED) is 0.784. The van der Waals surface area contributed by atoms with Crippen LogP contribution in [-0.4, -0.2) is 12.0 Å². The highest BCUT2D eigenvalue weighted by atomic mass is 32.2. The zero-order valence-electron chi connectivity index (χ0n) is 11.5. The Kier molecular flexibility index (Phi) is 4.03. The number of hydrogen-bond donors (Lipinski definition) is 2. The molecule has 2 N–H and O–H groups in total. The van der Waals surface area contributed by atoms with E-state index in [4.69, 9.17) is 0 Å². The van der Waals surface area contributed by atoms with Gasteiger partial charge in [-0.15, -0.1) is 11.3 Å². The van der Waals surface area contributed by atoms with E-state index >= 15 is 0 Å². The van der Waals surface area contributed by atoms with Crippen molar-refractivity contribution in [2.75, 3.05) is 5.32 Å². The monoisotopic (exact) mass is 295 g/mol. The summed E-state index contributed by atoms with van der Waals surface area (Å²) in [5.41, 5.74) is 2.84. The van der Waals surface area contributed by atoms with Crippen LogP contribution in [0.15, 0.2) is 14.6 Å². The van der Waals surface area contributed by atoms with Gasteiger partial charge in [-0.2, -0.15) is 0 Å². The fraction of sp³-hybridized carbons (Fsp3) is 0.643. The summed E-state index contributed by atoms with van der Waals surface area (Å²) in [6, 6.07) is 0.314. The van der Waals surface area contributed by atoms with Crippen molar-refractivity contribution in [1.82, 2.24) is 4.72 Å². The van der Waals surface area contributed by atoms with Crippen molar-refractivity contribution in [3.63, 3.8) is 0 Å². The number of aliphatic imine (C=N–C) groups is 1. The summed E-state index contributed by atoms with van der Waals surface area (Å²) in [4.78, 5) is 4.58. The van der Waals surface area contributed by atoms with Crippen LogP contribution >= 0.6 is 23.3 Å². The number of nitrogens with one attached hydrogen (secondary N) is 2. The molecule has 0 bridgehead atoms. The van der Waals surface area contributed by atoms with Crippen LogP contribution in [0.3, 0.4) is 0 Å². The maximum atomic E-state index is 4.58. The highest BCUT2D eigenvalue weighted by Gasteiger charge is 2.25. The number of nitrogens with zero attached hydrogens (tertiary/aromatic N) is 1. The van der Waals surface area contributed by atoms with Crippen molar-refractivity contribution in [2.24, 2.45) is 4.99 Å². The molecule has 2 heterocycles. The Balaban J connectivity index is 1.83. The molecule has 2 aliphatic rings. The van der Waals surface area contributed by atoms with Crippen LogP contribution in [0.25, 0.3) is 0 Å². The van der Waals surface area contributed by atoms with E-state index in [2.05, 4.69) is 34.3 Å². The van der Waals surface area contributed by atoms with Crippen molar-refractivity contribution in [3.8, 4) is 0 Å². The Morgan fingerprint density at radius 3 is 2.79 bits per heavy atom. The van der Waals surface area contributed by atoms with Crippen molar-refractivity contribution in [3.05, 3.63) is 10.9 Å². The van der Waals surface area contributed by atoms with Gasteiger partial charge in [-0.3, -0.25) is 4.72 Å². The van der Waals surface area contributed by atoms with Crippen molar-refractivity contribution in [2.45, 2.75) is 62.1 Å². The number of anilines is 1. The van der Waals surface area contributed by atoms with E-state index in [9.17, 15) is 0 Å². The van der Waals surface area contributed by atoms with Gasteiger partial charge in [0.1, 0.15) is 4.21 Å². The molecule has 0 radical (unpaired) electrons. The SMILES string of the molecule is CC(C)N=C1NSc2scc(C3CCCCC3)c2N1. The van der Waals surface area contributed by atoms with Crippen molar-refractivity contribution >= 4 is 34.9 Å². The van der Waals surface area contributed by atoms with E-state index < -0.39 is 0 Å². The molecule has 3 rings (SSSR count). The Bertz CT molecular complexity index is 473. The minimum absolute atomic E-state index is 0.314. The lowest BCUT2D eigenvalue weighted by atomic mass is 9.85. The Labute approximate surface area is 123 Å². The maximum Gasteiger partial charge on any atom is 0.206 e. The average Bonchev–Trinajstić information content (AvgIpc) is 2.82. The zero-order valence-corrected chi connectivity index (χ0v) is 13.2. The first-order chi connectivity index (χ1) is 9.24. The summed E-state index contributed by atoms with van der Waals surface area (Å²) in [6.07, 6.45) is 6.87. The molecule has 3 nitrogen and oxygen atoms in total. The van der Waals surface area contributed by atoms with Crippen LogP contribution < -0.4 is 10.0 Å². The molecule has 1 aliphatic heterocycles. The van der Waals surface area contributed by atoms with Gasteiger partial charge in [-0.05, 0) is 43.6 Å². The van der Waals surface area contributed by atoms with Crippen LogP contribution in [-0.2, 0) is 0 Å². The van der Waals surface area contributed by atoms with E-state index in [-0.39, 0.29) is 0 Å². The molecule has 0 amide bonds. The topological polar surface area (TPSA) is 36.4 Å². The third-order valence-electron chi connectivity index (χ3n) is 3.70. The molecule has 19 heavy (non-hydrogen) atoms. The fourth-order valence-electron chi connectivity index (χ4n) is 2.82. The molecule has 0 atom stereocenters. The van der Waals surface area contributed by atoms with E-state index in [1.807, 2.05) is 11.3 Å². The molecule has 0 aromatic carbocycles. The van der Waals surface area contributed by atoms with Gasteiger partial charge in [-0.1, -0.05) is 19.3 Å². The van der Waals surface area contributed by atoms with E-state index in [0.29, 0.717) is 6.04 Å². The molecule has 0 saturated heterocycles. The van der Waals surface area contributed by atoms with Gasteiger partial charge in [-0.25, -0.2) is 4.99 Å². The van der Waals surface area contributed by atoms with Gasteiger partial charge in [0.25, 0.3) is 0 Å². The molecule has 1 aromatic rings. The molecule has 0 unspecified atom stereocenters. The lowest BCUT2D eigenvalue weighted by Gasteiger charge is -2.25. The molecule has 1 aliphatic carbocycles. The lowest BCUT2D eigenvalue weighted by Crippen LogP contribution is -2.30. The van der Waals surface area contributed by atoms with Crippen LogP contribution in [0.5, 0.6) is 0 Å². The molecule has 0 spiro atoms. The Morgan fingerprint density at radius 2 is 2.05 bits per heavy atom. The summed E-state index contributed by atoms with van der Waals surface area (Å²) >= 11 is 3.55. The van der Waals surface area contributed by atoms with Gasteiger partial charge < -0.3 is 5.32 Å². The van der Waals surface area contributed by atoms with Crippen LogP contribution in [0.1, 0.15) is 57.4 Å². The van der Waals surface area contributed by atoms with Gasteiger partial charge in [0.05, 0.1) is 5.69 Å². The maximum absolute atomic E-state index is 4.58. The normalized spacial score (nSPS) is 22.2. The Morgan fingerprint density at radius 1 is 1.26 bits per heavy atom. The third-order valence-corrected chi connectivity index (χ3v) is 5.72. The van der Waals surface area contributed by atoms with Gasteiger partial charge >= 0.3 is 0 Å². The number of rotatable bonds is 2. The van der Waals surface area contributed by atoms with Crippen molar-refractivity contribution in [1.29, 1.82) is 0 Å². The van der Waals surface area contributed by atoms with Gasteiger partial charge in [0.2, 0.25) is 5.96 Å². The molecular weight excluding hydrogens is 274 g/mol. The standard InChI is InChI=1S/C14H21N3S2/c1-9(2)15-14-16-12-11(8-18-13(12)19-17-14)10-6-4-3-5-7-10/h8-10H,3-7H2,1-2H3,(H2,15,16,17). The highest BCUT2D eigenvalue weighted by Crippen LogP contribution is 2.45. The number of hydrogen-bond acceptors (Lipinski definition) is 3. The second kappa shape index (κ2) is 5.75.